The highest BCUT2D eigenvalue weighted by Crippen LogP contribution is 2.20. The number of sulfone groups is 1. The van der Waals surface area contributed by atoms with Gasteiger partial charge in [0.2, 0.25) is 0 Å². The Balaban J connectivity index is 0.00000363. The Morgan fingerprint density at radius 2 is 1.84 bits per heavy atom. The van der Waals surface area contributed by atoms with Gasteiger partial charge in [-0.1, -0.05) is 17.7 Å². The second-order valence-corrected chi connectivity index (χ2v) is 9.78. The van der Waals surface area contributed by atoms with Crippen LogP contribution in [-0.2, 0) is 9.84 Å². The number of benzene rings is 2. The lowest BCUT2D eigenvalue weighted by Gasteiger charge is -2.20. The van der Waals surface area contributed by atoms with Gasteiger partial charge in [-0.3, -0.25) is 0 Å². The van der Waals surface area contributed by atoms with Crippen molar-refractivity contribution in [1.29, 1.82) is 0 Å². The minimum absolute atomic E-state index is 0. The minimum Gasteiger partial charge on any atom is -0.492 e. The number of aliphatic imine (C=N–C) groups is 1. The van der Waals surface area contributed by atoms with E-state index in [1.165, 1.54) is 17.5 Å². The second-order valence-electron chi connectivity index (χ2n) is 7.76. The van der Waals surface area contributed by atoms with Crippen molar-refractivity contribution in [3.8, 4) is 5.75 Å². The van der Waals surface area contributed by atoms with Crippen LogP contribution in [0, 0.1) is 6.92 Å². The molecule has 1 saturated heterocycles. The third-order valence-electron chi connectivity index (χ3n) is 5.15. The molecule has 0 amide bonds. The van der Waals surface area contributed by atoms with E-state index < -0.39 is 9.84 Å². The van der Waals surface area contributed by atoms with Crippen LogP contribution in [0.1, 0.15) is 18.9 Å². The molecule has 1 aliphatic heterocycles. The molecule has 0 aromatic heterocycles. The Morgan fingerprint density at radius 1 is 1.16 bits per heavy atom. The van der Waals surface area contributed by atoms with Gasteiger partial charge >= 0.3 is 0 Å². The number of hydrogen-bond acceptors (Lipinski definition) is 5. The van der Waals surface area contributed by atoms with Crippen LogP contribution in [0.5, 0.6) is 5.75 Å². The monoisotopic (exact) mass is 572 g/mol. The molecule has 1 atom stereocenters. The summed E-state index contributed by atoms with van der Waals surface area (Å²) in [5, 5.41) is 6.82. The highest BCUT2D eigenvalue weighted by molar-refractivity contribution is 14.0. The SMILES string of the molecule is CCNC(=NCCOc1ccc(S(C)(=O)=O)cc1)NC1CCN(c2ccc(C)cc2)C1.I. The molecule has 1 fully saturated rings. The van der Waals surface area contributed by atoms with Gasteiger partial charge in [-0.2, -0.15) is 0 Å². The molecule has 0 bridgehead atoms. The highest BCUT2D eigenvalue weighted by atomic mass is 127. The zero-order valence-electron chi connectivity index (χ0n) is 18.9. The number of guanidine groups is 1. The molecule has 2 N–H and O–H groups in total. The first kappa shape index (κ1) is 26.2. The van der Waals surface area contributed by atoms with E-state index >= 15 is 0 Å². The first-order chi connectivity index (χ1) is 14.8. The lowest BCUT2D eigenvalue weighted by molar-refractivity contribution is 0.328. The number of anilines is 1. The van der Waals surface area contributed by atoms with Crippen molar-refractivity contribution in [3.05, 3.63) is 54.1 Å². The average molecular weight is 573 g/mol. The van der Waals surface area contributed by atoms with Crippen molar-refractivity contribution in [2.45, 2.75) is 31.2 Å². The Hall–Kier alpha value is -2.01. The van der Waals surface area contributed by atoms with Gasteiger partial charge in [0.15, 0.2) is 15.8 Å². The molecular formula is C23H33IN4O3S. The number of nitrogens with one attached hydrogen (secondary N) is 2. The molecule has 1 unspecified atom stereocenters. The summed E-state index contributed by atoms with van der Waals surface area (Å²) in [6.45, 7) is 7.81. The minimum atomic E-state index is -3.20. The smallest absolute Gasteiger partial charge is 0.191 e. The van der Waals surface area contributed by atoms with E-state index in [9.17, 15) is 8.42 Å². The maximum atomic E-state index is 11.5. The first-order valence-corrected chi connectivity index (χ1v) is 12.5. The van der Waals surface area contributed by atoms with Crippen LogP contribution in [-0.4, -0.2) is 59.5 Å². The number of rotatable bonds is 8. The van der Waals surface area contributed by atoms with Crippen molar-refractivity contribution in [3.63, 3.8) is 0 Å². The molecule has 7 nitrogen and oxygen atoms in total. The molecule has 0 radical (unpaired) electrons. The van der Waals surface area contributed by atoms with E-state index in [0.717, 1.165) is 32.0 Å². The van der Waals surface area contributed by atoms with Gasteiger partial charge < -0.3 is 20.3 Å². The quantitative estimate of drug-likeness (QED) is 0.219. The van der Waals surface area contributed by atoms with Gasteiger partial charge in [-0.15, -0.1) is 24.0 Å². The van der Waals surface area contributed by atoms with E-state index in [1.54, 1.807) is 24.3 Å². The van der Waals surface area contributed by atoms with Crippen LogP contribution in [0.15, 0.2) is 58.4 Å². The fourth-order valence-electron chi connectivity index (χ4n) is 3.49. The lowest BCUT2D eigenvalue weighted by atomic mass is 10.2. The average Bonchev–Trinajstić information content (AvgIpc) is 3.20. The number of nitrogens with zero attached hydrogens (tertiary/aromatic N) is 2. The van der Waals surface area contributed by atoms with Gasteiger partial charge in [0.05, 0.1) is 11.4 Å². The van der Waals surface area contributed by atoms with E-state index in [1.807, 2.05) is 6.92 Å². The van der Waals surface area contributed by atoms with Crippen molar-refractivity contribution in [1.82, 2.24) is 10.6 Å². The normalized spacial score (nSPS) is 16.4. The molecule has 1 heterocycles. The van der Waals surface area contributed by atoms with Crippen LogP contribution < -0.4 is 20.3 Å². The first-order valence-electron chi connectivity index (χ1n) is 10.6. The largest absolute Gasteiger partial charge is 0.492 e. The summed E-state index contributed by atoms with van der Waals surface area (Å²) in [5.74, 6) is 1.42. The van der Waals surface area contributed by atoms with E-state index in [2.05, 4.69) is 51.7 Å². The molecule has 2 aromatic rings. The number of ether oxygens (including phenoxy) is 1. The molecule has 0 spiro atoms. The van der Waals surface area contributed by atoms with Gasteiger partial charge in [-0.05, 0) is 56.7 Å². The molecule has 32 heavy (non-hydrogen) atoms. The maximum absolute atomic E-state index is 11.5. The predicted octanol–water partition coefficient (Wildman–Crippen LogP) is 3.23. The molecule has 1 aliphatic rings. The summed E-state index contributed by atoms with van der Waals surface area (Å²) in [6.07, 6.45) is 2.25. The maximum Gasteiger partial charge on any atom is 0.191 e. The Morgan fingerprint density at radius 3 is 2.47 bits per heavy atom. The third kappa shape index (κ3) is 7.84. The summed E-state index contributed by atoms with van der Waals surface area (Å²) in [7, 11) is -3.20. The van der Waals surface area contributed by atoms with Crippen molar-refractivity contribution >= 4 is 45.5 Å². The second kappa shape index (κ2) is 12.3. The molecule has 0 aliphatic carbocycles. The number of aryl methyl sites for hydroxylation is 1. The van der Waals surface area contributed by atoms with Crippen LogP contribution in [0.4, 0.5) is 5.69 Å². The topological polar surface area (TPSA) is 83.0 Å². The van der Waals surface area contributed by atoms with Gasteiger partial charge in [-0.25, -0.2) is 13.4 Å². The number of hydrogen-bond donors (Lipinski definition) is 2. The molecule has 176 valence electrons. The zero-order valence-corrected chi connectivity index (χ0v) is 22.0. The molecular weight excluding hydrogens is 539 g/mol. The fourth-order valence-corrected chi connectivity index (χ4v) is 4.12. The van der Waals surface area contributed by atoms with Crippen LogP contribution in [0.25, 0.3) is 0 Å². The Labute approximate surface area is 208 Å². The van der Waals surface area contributed by atoms with Crippen LogP contribution in [0.2, 0.25) is 0 Å². The summed E-state index contributed by atoms with van der Waals surface area (Å²) < 4.78 is 28.7. The lowest BCUT2D eigenvalue weighted by Crippen LogP contribution is -2.44. The molecule has 9 heteroatoms. The van der Waals surface area contributed by atoms with E-state index in [-0.39, 0.29) is 28.9 Å². The molecule has 2 aromatic carbocycles. The summed E-state index contributed by atoms with van der Waals surface area (Å²) >= 11 is 0. The summed E-state index contributed by atoms with van der Waals surface area (Å²) in [5.41, 5.74) is 2.53. The standard InChI is InChI=1S/C23H32N4O3S.HI/c1-4-24-23(25-14-16-30-21-9-11-22(12-10-21)31(3,28)29)26-19-13-15-27(17-19)20-7-5-18(2)6-8-20;/h5-12,19H,4,13-17H2,1-3H3,(H2,24,25,26);1H. The Bertz CT molecular complexity index is 979. The van der Waals surface area contributed by atoms with Crippen molar-refractivity contribution in [2.24, 2.45) is 4.99 Å². The number of halogens is 1. The summed E-state index contributed by atoms with van der Waals surface area (Å²) in [4.78, 5) is 7.29. The van der Waals surface area contributed by atoms with Gasteiger partial charge in [0.1, 0.15) is 12.4 Å². The fraction of sp³-hybridized carbons (Fsp3) is 0.435. The predicted molar refractivity (Wildman–Crippen MR) is 141 cm³/mol. The van der Waals surface area contributed by atoms with Crippen LogP contribution >= 0.6 is 24.0 Å². The molecule has 3 rings (SSSR count). The highest BCUT2D eigenvalue weighted by Gasteiger charge is 2.23. The van der Waals surface area contributed by atoms with Crippen LogP contribution in [0.3, 0.4) is 0 Å². The Kier molecular flexibility index (Phi) is 10.1. The molecule has 0 saturated carbocycles. The third-order valence-corrected chi connectivity index (χ3v) is 6.28. The zero-order chi connectivity index (χ0) is 22.3. The van der Waals surface area contributed by atoms with Gasteiger partial charge in [0.25, 0.3) is 0 Å². The van der Waals surface area contributed by atoms with Crippen molar-refractivity contribution < 1.29 is 13.2 Å². The van der Waals surface area contributed by atoms with E-state index in [4.69, 9.17) is 4.74 Å². The van der Waals surface area contributed by atoms with Crippen molar-refractivity contribution in [2.75, 3.05) is 43.9 Å². The van der Waals surface area contributed by atoms with E-state index in [0.29, 0.717) is 24.9 Å². The summed E-state index contributed by atoms with van der Waals surface area (Å²) in [6, 6.07) is 15.4. The van der Waals surface area contributed by atoms with Gasteiger partial charge in [0, 0.05) is 37.6 Å².